The van der Waals surface area contributed by atoms with E-state index in [9.17, 15) is 0 Å². The number of nitrogens with zero attached hydrogens (tertiary/aromatic N) is 1. The smallest absolute Gasteiger partial charge is 0.172 e. The van der Waals surface area contributed by atoms with Crippen LogP contribution in [0, 0.1) is 5.41 Å². The molecule has 2 aliphatic rings. The summed E-state index contributed by atoms with van der Waals surface area (Å²) < 4.78 is 11.6. The van der Waals surface area contributed by atoms with Crippen LogP contribution in [0.2, 0.25) is 0 Å². The van der Waals surface area contributed by atoms with Crippen molar-refractivity contribution in [3.05, 3.63) is 22.4 Å². The van der Waals surface area contributed by atoms with Crippen molar-refractivity contribution in [2.24, 2.45) is 0 Å². The highest BCUT2D eigenvalue weighted by molar-refractivity contribution is 7.10. The van der Waals surface area contributed by atoms with E-state index in [1.807, 2.05) is 0 Å². The lowest BCUT2D eigenvalue weighted by Crippen LogP contribution is -2.46. The highest BCUT2D eigenvalue weighted by Gasteiger charge is 2.44. The van der Waals surface area contributed by atoms with Crippen LogP contribution in [-0.2, 0) is 9.47 Å². The van der Waals surface area contributed by atoms with Crippen LogP contribution in [0.1, 0.15) is 23.8 Å². The fourth-order valence-corrected chi connectivity index (χ4v) is 3.48. The summed E-state index contributed by atoms with van der Waals surface area (Å²) in [6.45, 7) is 2.22. The van der Waals surface area contributed by atoms with Gasteiger partial charge in [-0.1, -0.05) is 6.07 Å². The Labute approximate surface area is 117 Å². The monoisotopic (exact) mass is 288 g/mol. The van der Waals surface area contributed by atoms with Crippen molar-refractivity contribution >= 4 is 30.1 Å². The van der Waals surface area contributed by atoms with Crippen LogP contribution < -0.4 is 0 Å². The number of hydrogen-bond donors (Lipinski definition) is 1. The van der Waals surface area contributed by atoms with Crippen LogP contribution >= 0.6 is 23.7 Å². The molecule has 0 bridgehead atoms. The second-order valence-corrected chi connectivity index (χ2v) is 5.44. The highest BCUT2D eigenvalue weighted by Crippen LogP contribution is 2.41. The van der Waals surface area contributed by atoms with Gasteiger partial charge in [-0.15, -0.1) is 23.7 Å². The molecule has 0 amide bonds. The zero-order valence-corrected chi connectivity index (χ0v) is 11.6. The van der Waals surface area contributed by atoms with Gasteiger partial charge in [0.25, 0.3) is 0 Å². The molecule has 0 radical (unpaired) electrons. The molecule has 0 aliphatic carbocycles. The quantitative estimate of drug-likeness (QED) is 0.672. The zero-order chi connectivity index (χ0) is 11.7. The zero-order valence-electron chi connectivity index (χ0n) is 10.0. The first kappa shape index (κ1) is 13.8. The Morgan fingerprint density at radius 2 is 2.22 bits per heavy atom. The average Bonchev–Trinajstić information content (AvgIpc) is 3.00. The van der Waals surface area contributed by atoms with E-state index in [0.717, 1.165) is 19.4 Å². The molecule has 1 aromatic heterocycles. The summed E-state index contributed by atoms with van der Waals surface area (Å²) in [5.74, 6) is -0.395. The Kier molecular flexibility index (Phi) is 4.27. The average molecular weight is 289 g/mol. The van der Waals surface area contributed by atoms with Crippen molar-refractivity contribution in [2.45, 2.75) is 24.7 Å². The van der Waals surface area contributed by atoms with Crippen molar-refractivity contribution in [2.75, 3.05) is 19.8 Å². The van der Waals surface area contributed by atoms with E-state index in [2.05, 4.69) is 22.4 Å². The maximum absolute atomic E-state index is 7.51. The summed E-state index contributed by atoms with van der Waals surface area (Å²) in [6, 6.07) is 4.40. The SMILES string of the molecule is Cl.N=CN1CCC2(CC1c1cccs1)OCCO2. The number of nitrogens with one attached hydrogen (secondary N) is 1. The summed E-state index contributed by atoms with van der Waals surface area (Å²) >= 11 is 1.73. The number of likely N-dealkylation sites (tertiary alicyclic amines) is 1. The van der Waals surface area contributed by atoms with Gasteiger partial charge in [0.1, 0.15) is 0 Å². The lowest BCUT2D eigenvalue weighted by atomic mass is 9.95. The van der Waals surface area contributed by atoms with E-state index in [1.54, 1.807) is 11.3 Å². The van der Waals surface area contributed by atoms with E-state index in [0.29, 0.717) is 13.2 Å². The number of halogens is 1. The third kappa shape index (κ3) is 2.40. The molecule has 3 rings (SSSR count). The predicted molar refractivity (Wildman–Crippen MR) is 73.7 cm³/mol. The summed E-state index contributed by atoms with van der Waals surface area (Å²) in [7, 11) is 0. The lowest BCUT2D eigenvalue weighted by molar-refractivity contribution is -0.190. The van der Waals surface area contributed by atoms with Crippen molar-refractivity contribution in [1.82, 2.24) is 4.90 Å². The van der Waals surface area contributed by atoms with E-state index in [4.69, 9.17) is 14.9 Å². The number of rotatable bonds is 2. The molecule has 3 heterocycles. The lowest BCUT2D eigenvalue weighted by Gasteiger charge is -2.42. The third-order valence-electron chi connectivity index (χ3n) is 3.51. The predicted octanol–water partition coefficient (Wildman–Crippen LogP) is 2.66. The topological polar surface area (TPSA) is 45.6 Å². The van der Waals surface area contributed by atoms with Gasteiger partial charge in [-0.3, -0.25) is 5.41 Å². The van der Waals surface area contributed by atoms with Gasteiger partial charge in [-0.2, -0.15) is 0 Å². The molecule has 2 saturated heterocycles. The van der Waals surface area contributed by atoms with Crippen molar-refractivity contribution in [3.63, 3.8) is 0 Å². The number of hydrogen-bond acceptors (Lipinski definition) is 4. The summed E-state index contributed by atoms with van der Waals surface area (Å²) in [5.41, 5.74) is 0. The number of ether oxygens (including phenoxy) is 2. The van der Waals surface area contributed by atoms with Gasteiger partial charge in [-0.05, 0) is 11.4 Å². The standard InChI is InChI=1S/C12H16N2O2S.ClH/c13-9-14-4-3-12(15-5-6-16-12)8-10(14)11-2-1-7-17-11;/h1-2,7,9-10,13H,3-6,8H2;1H. The minimum atomic E-state index is -0.395. The van der Waals surface area contributed by atoms with E-state index < -0.39 is 5.79 Å². The van der Waals surface area contributed by atoms with Crippen molar-refractivity contribution < 1.29 is 9.47 Å². The van der Waals surface area contributed by atoms with Crippen molar-refractivity contribution in [1.29, 1.82) is 5.41 Å². The van der Waals surface area contributed by atoms with Crippen LogP contribution in [0.15, 0.2) is 17.5 Å². The molecule has 2 aliphatic heterocycles. The molecule has 18 heavy (non-hydrogen) atoms. The molecule has 1 aromatic rings. The summed E-state index contributed by atoms with van der Waals surface area (Å²) in [6.07, 6.45) is 3.11. The molecule has 0 saturated carbocycles. The molecular formula is C12H17ClN2O2S. The number of piperidine rings is 1. The maximum Gasteiger partial charge on any atom is 0.172 e. The molecule has 1 unspecified atom stereocenters. The second-order valence-electron chi connectivity index (χ2n) is 4.46. The van der Waals surface area contributed by atoms with Gasteiger partial charge in [0.15, 0.2) is 5.79 Å². The van der Waals surface area contributed by atoms with Gasteiger partial charge in [0.2, 0.25) is 0 Å². The van der Waals surface area contributed by atoms with Gasteiger partial charge in [0, 0.05) is 24.3 Å². The molecule has 1 N–H and O–H groups in total. The first-order chi connectivity index (χ1) is 8.33. The molecule has 0 aromatic carbocycles. The van der Waals surface area contributed by atoms with Crippen LogP contribution in [0.3, 0.4) is 0 Å². The molecule has 1 atom stereocenters. The summed E-state index contributed by atoms with van der Waals surface area (Å²) in [4.78, 5) is 3.36. The van der Waals surface area contributed by atoms with E-state index in [1.165, 1.54) is 11.2 Å². The minimum absolute atomic E-state index is 0. The maximum atomic E-state index is 7.51. The van der Waals surface area contributed by atoms with Gasteiger partial charge < -0.3 is 14.4 Å². The number of thiophene rings is 1. The fourth-order valence-electron chi connectivity index (χ4n) is 2.63. The first-order valence-electron chi connectivity index (χ1n) is 5.91. The third-order valence-corrected chi connectivity index (χ3v) is 4.48. The van der Waals surface area contributed by atoms with Gasteiger partial charge >= 0.3 is 0 Å². The van der Waals surface area contributed by atoms with Crippen LogP contribution in [0.4, 0.5) is 0 Å². The Morgan fingerprint density at radius 1 is 1.44 bits per heavy atom. The van der Waals surface area contributed by atoms with Crippen LogP contribution in [-0.4, -0.2) is 36.8 Å². The molecule has 2 fully saturated rings. The highest BCUT2D eigenvalue weighted by atomic mass is 35.5. The Bertz CT molecular complexity index is 393. The molecule has 4 nitrogen and oxygen atoms in total. The van der Waals surface area contributed by atoms with Gasteiger partial charge in [-0.25, -0.2) is 0 Å². The Balaban J connectivity index is 0.00000120. The Hall–Kier alpha value is -0.620. The normalized spacial score (nSPS) is 26.0. The second kappa shape index (κ2) is 5.57. The molecule has 1 spiro atoms. The fraction of sp³-hybridized carbons (Fsp3) is 0.583. The largest absolute Gasteiger partial charge is 0.355 e. The molecule has 6 heteroatoms. The Morgan fingerprint density at radius 3 is 2.83 bits per heavy atom. The minimum Gasteiger partial charge on any atom is -0.355 e. The van der Waals surface area contributed by atoms with Crippen LogP contribution in [0.25, 0.3) is 0 Å². The first-order valence-corrected chi connectivity index (χ1v) is 6.79. The van der Waals surface area contributed by atoms with Gasteiger partial charge in [0.05, 0.1) is 25.6 Å². The van der Waals surface area contributed by atoms with E-state index >= 15 is 0 Å². The van der Waals surface area contributed by atoms with Crippen molar-refractivity contribution in [3.8, 4) is 0 Å². The van der Waals surface area contributed by atoms with Crippen LogP contribution in [0.5, 0.6) is 0 Å². The van der Waals surface area contributed by atoms with E-state index in [-0.39, 0.29) is 18.4 Å². The molecular weight excluding hydrogens is 272 g/mol. The molecule has 100 valence electrons. The summed E-state index contributed by atoms with van der Waals surface area (Å²) in [5, 5.41) is 9.59.